The molecule has 4 aromatic rings. The number of thiocarbonyl (C=S) groups is 1. The van der Waals surface area contributed by atoms with Crippen molar-refractivity contribution in [2.45, 2.75) is 38.5 Å². The number of anilines is 2. The first-order chi connectivity index (χ1) is 18.0. The maximum Gasteiger partial charge on any atom is 0.234 e. The van der Waals surface area contributed by atoms with Gasteiger partial charge in [-0.25, -0.2) is 0 Å². The van der Waals surface area contributed by atoms with Gasteiger partial charge in [0, 0.05) is 26.8 Å². The molecule has 0 saturated heterocycles. The number of nitrogens with one attached hydrogen (secondary N) is 2. The number of carbonyl (C=O) groups excluding carboxylic acids is 1. The lowest BCUT2D eigenvalue weighted by Crippen LogP contribution is -2.26. The van der Waals surface area contributed by atoms with Gasteiger partial charge in [-0.3, -0.25) is 4.79 Å². The standard InChI is InChI=1S/C16H14ClNO.C16H14ClNS/c2*1-16(2)13-9-11(6-7-14(13)18-15(16)19)10-4-3-5-12(17)8-10/h2*3-9H,1-2H3,(H,18,19). The van der Waals surface area contributed by atoms with Crippen LogP contribution in [-0.2, 0) is 15.6 Å². The van der Waals surface area contributed by atoms with E-state index in [2.05, 4.69) is 54.8 Å². The number of halogens is 2. The molecule has 4 aromatic carbocycles. The summed E-state index contributed by atoms with van der Waals surface area (Å²) in [5.74, 6) is 0.0470. The molecule has 1 amide bonds. The summed E-state index contributed by atoms with van der Waals surface area (Å²) in [5.41, 5.74) is 8.14. The van der Waals surface area contributed by atoms with Crippen LogP contribution in [0.2, 0.25) is 10.0 Å². The molecule has 6 heteroatoms. The third-order valence-corrected chi connectivity index (χ3v) is 8.42. The maximum absolute atomic E-state index is 11.9. The van der Waals surface area contributed by atoms with Crippen molar-refractivity contribution in [1.29, 1.82) is 0 Å². The van der Waals surface area contributed by atoms with Gasteiger partial charge in [-0.05, 0) is 110 Å². The Labute approximate surface area is 239 Å². The minimum Gasteiger partial charge on any atom is -0.349 e. The highest BCUT2D eigenvalue weighted by Gasteiger charge is 2.38. The summed E-state index contributed by atoms with van der Waals surface area (Å²) in [7, 11) is 0. The fraction of sp³-hybridized carbons (Fsp3) is 0.188. The predicted octanol–water partition coefficient (Wildman–Crippen LogP) is 9.27. The second kappa shape index (κ2) is 9.85. The summed E-state index contributed by atoms with van der Waals surface area (Å²) in [4.78, 5) is 12.8. The summed E-state index contributed by atoms with van der Waals surface area (Å²) >= 11 is 17.5. The Morgan fingerprint density at radius 3 is 1.55 bits per heavy atom. The van der Waals surface area contributed by atoms with E-state index in [0.717, 1.165) is 43.6 Å². The Morgan fingerprint density at radius 1 is 0.605 bits per heavy atom. The third kappa shape index (κ3) is 4.84. The van der Waals surface area contributed by atoms with Gasteiger partial charge in [-0.15, -0.1) is 0 Å². The number of carbonyl (C=O) groups is 1. The van der Waals surface area contributed by atoms with Crippen molar-refractivity contribution < 1.29 is 4.79 Å². The van der Waals surface area contributed by atoms with Crippen molar-refractivity contribution >= 4 is 57.7 Å². The van der Waals surface area contributed by atoms with Gasteiger partial charge in [0.05, 0.1) is 10.4 Å². The molecule has 6 rings (SSSR count). The molecule has 0 atom stereocenters. The lowest BCUT2D eigenvalue weighted by molar-refractivity contribution is -0.119. The van der Waals surface area contributed by atoms with Crippen molar-refractivity contribution in [1.82, 2.24) is 0 Å². The van der Waals surface area contributed by atoms with Crippen molar-refractivity contribution in [2.75, 3.05) is 10.6 Å². The molecule has 0 saturated carbocycles. The fourth-order valence-electron chi connectivity index (χ4n) is 4.84. The second-order valence-corrected chi connectivity index (χ2v) is 12.0. The molecule has 2 aliphatic rings. The van der Waals surface area contributed by atoms with Crippen molar-refractivity contribution in [3.8, 4) is 22.3 Å². The van der Waals surface area contributed by atoms with Gasteiger partial charge in [-0.2, -0.15) is 0 Å². The van der Waals surface area contributed by atoms with Crippen LogP contribution in [0.15, 0.2) is 84.9 Å². The number of rotatable bonds is 2. The minimum absolute atomic E-state index is 0.0470. The maximum atomic E-state index is 11.9. The Bertz CT molecular complexity index is 1470. The highest BCUT2D eigenvalue weighted by Crippen LogP contribution is 2.41. The molecule has 2 aliphatic heterocycles. The number of benzene rings is 4. The molecule has 38 heavy (non-hydrogen) atoms. The van der Waals surface area contributed by atoms with E-state index < -0.39 is 5.41 Å². The lowest BCUT2D eigenvalue weighted by atomic mass is 9.85. The van der Waals surface area contributed by atoms with Gasteiger partial charge in [0.25, 0.3) is 0 Å². The predicted molar refractivity (Wildman–Crippen MR) is 165 cm³/mol. The van der Waals surface area contributed by atoms with Gasteiger partial charge >= 0.3 is 0 Å². The van der Waals surface area contributed by atoms with Crippen LogP contribution in [0.5, 0.6) is 0 Å². The van der Waals surface area contributed by atoms with E-state index in [9.17, 15) is 4.79 Å². The van der Waals surface area contributed by atoms with E-state index in [1.165, 1.54) is 11.1 Å². The van der Waals surface area contributed by atoms with E-state index in [4.69, 9.17) is 35.4 Å². The molecule has 0 unspecified atom stereocenters. The largest absolute Gasteiger partial charge is 0.349 e. The molecule has 0 aliphatic carbocycles. The Kier molecular flexibility index (Phi) is 6.85. The minimum atomic E-state index is -0.482. The number of amides is 1. The summed E-state index contributed by atoms with van der Waals surface area (Å²) in [6.07, 6.45) is 0. The Balaban J connectivity index is 0.000000155. The average Bonchev–Trinajstić information content (AvgIpc) is 3.25. The van der Waals surface area contributed by atoms with Crippen LogP contribution in [0.25, 0.3) is 22.3 Å². The van der Waals surface area contributed by atoms with Gasteiger partial charge in [0.1, 0.15) is 0 Å². The zero-order valence-electron chi connectivity index (χ0n) is 21.7. The summed E-state index contributed by atoms with van der Waals surface area (Å²) in [6.45, 7) is 8.18. The van der Waals surface area contributed by atoms with Crippen LogP contribution < -0.4 is 10.6 Å². The first kappa shape index (κ1) is 26.4. The molecule has 3 nitrogen and oxygen atoms in total. The molecular formula is C32H28Cl2N2OS. The van der Waals surface area contributed by atoms with Crippen LogP contribution in [-0.4, -0.2) is 10.9 Å². The second-order valence-electron chi connectivity index (χ2n) is 10.7. The fourth-order valence-corrected chi connectivity index (χ4v) is 5.44. The number of fused-ring (bicyclic) bond motifs is 2. The van der Waals surface area contributed by atoms with Gasteiger partial charge in [0.15, 0.2) is 0 Å². The molecule has 2 N–H and O–H groups in total. The zero-order chi connectivity index (χ0) is 27.2. The summed E-state index contributed by atoms with van der Waals surface area (Å²) in [5, 5.41) is 7.67. The van der Waals surface area contributed by atoms with Gasteiger partial charge < -0.3 is 10.6 Å². The van der Waals surface area contributed by atoms with E-state index in [1.807, 2.05) is 68.4 Å². The van der Waals surface area contributed by atoms with Gasteiger partial charge in [-0.1, -0.05) is 71.8 Å². The highest BCUT2D eigenvalue weighted by molar-refractivity contribution is 7.80. The van der Waals surface area contributed by atoms with E-state index in [0.29, 0.717) is 5.02 Å². The Morgan fingerprint density at radius 2 is 1.05 bits per heavy atom. The summed E-state index contributed by atoms with van der Waals surface area (Å²) in [6, 6.07) is 28.1. The van der Waals surface area contributed by atoms with Crippen LogP contribution in [0.3, 0.4) is 0 Å². The quantitative estimate of drug-likeness (QED) is 0.241. The van der Waals surface area contributed by atoms with Gasteiger partial charge in [0.2, 0.25) is 5.91 Å². The molecular weight excluding hydrogens is 531 g/mol. The molecule has 0 aromatic heterocycles. The topological polar surface area (TPSA) is 41.1 Å². The summed E-state index contributed by atoms with van der Waals surface area (Å²) < 4.78 is 0. The average molecular weight is 560 g/mol. The van der Waals surface area contributed by atoms with Crippen LogP contribution in [0, 0.1) is 0 Å². The van der Waals surface area contributed by atoms with E-state index >= 15 is 0 Å². The Hall–Kier alpha value is -3.18. The normalized spacial score (nSPS) is 16.1. The third-order valence-electron chi connectivity index (χ3n) is 7.33. The van der Waals surface area contributed by atoms with E-state index in [-0.39, 0.29) is 11.3 Å². The first-order valence-electron chi connectivity index (χ1n) is 12.4. The lowest BCUT2D eigenvalue weighted by Gasteiger charge is -2.18. The monoisotopic (exact) mass is 558 g/mol. The highest BCUT2D eigenvalue weighted by atomic mass is 35.5. The van der Waals surface area contributed by atoms with Crippen LogP contribution >= 0.6 is 35.4 Å². The van der Waals surface area contributed by atoms with Crippen molar-refractivity contribution in [2.24, 2.45) is 0 Å². The van der Waals surface area contributed by atoms with E-state index in [1.54, 1.807) is 0 Å². The van der Waals surface area contributed by atoms with Crippen LogP contribution in [0.4, 0.5) is 11.4 Å². The molecule has 0 radical (unpaired) electrons. The van der Waals surface area contributed by atoms with Crippen LogP contribution in [0.1, 0.15) is 38.8 Å². The molecule has 0 fully saturated rings. The first-order valence-corrected chi connectivity index (χ1v) is 13.6. The molecule has 2 heterocycles. The smallest absolute Gasteiger partial charge is 0.234 e. The van der Waals surface area contributed by atoms with Crippen molar-refractivity contribution in [3.63, 3.8) is 0 Å². The SMILES string of the molecule is CC1(C)C(=O)Nc2ccc(-c3cccc(Cl)c3)cc21.CC1(C)C(=S)Nc2ccc(-c3cccc(Cl)c3)cc21. The van der Waals surface area contributed by atoms with Crippen molar-refractivity contribution in [3.05, 3.63) is 106 Å². The molecule has 0 bridgehead atoms. The molecule has 0 spiro atoms. The zero-order valence-corrected chi connectivity index (χ0v) is 24.0. The molecule has 192 valence electrons. The number of hydrogen-bond acceptors (Lipinski definition) is 2. The number of hydrogen-bond donors (Lipinski definition) is 2.